The van der Waals surface area contributed by atoms with E-state index in [9.17, 15) is 17.1 Å². The minimum Gasteiger partial charge on any atom is -0.378 e. The fourth-order valence-corrected chi connectivity index (χ4v) is 3.68. The standard InChI is InChI=1S/C24H19FN6O4S/c1-2-16-5-4-8-21(35-36(25,33)34)20(16)14-28-24(32)18-6-3-7-19(13-18)27-15-22-29-23(31-30-22)17-9-11-26-12-10-17/h1,3-13,27H,14-15H2,(H,28,32)(H,29,30,31). The Bertz CT molecular complexity index is 1530. The molecule has 2 aromatic carbocycles. The molecule has 2 aromatic heterocycles. The van der Waals surface area contributed by atoms with Crippen LogP contribution in [0.4, 0.5) is 9.57 Å². The van der Waals surface area contributed by atoms with Crippen molar-refractivity contribution in [3.05, 3.63) is 89.5 Å². The van der Waals surface area contributed by atoms with Crippen LogP contribution >= 0.6 is 0 Å². The molecule has 4 aromatic rings. The molecule has 0 aliphatic rings. The minimum absolute atomic E-state index is 0.151. The number of anilines is 1. The molecular formula is C24H19FN6O4S. The van der Waals surface area contributed by atoms with Crippen molar-refractivity contribution in [1.29, 1.82) is 0 Å². The smallest absolute Gasteiger partial charge is 0.378 e. The molecule has 36 heavy (non-hydrogen) atoms. The first-order chi connectivity index (χ1) is 17.3. The highest BCUT2D eigenvalue weighted by molar-refractivity contribution is 7.81. The SMILES string of the molecule is C#Cc1cccc(OS(=O)(=O)F)c1CNC(=O)c1cccc(NCc2n[nH]c(-c3ccncc3)n2)c1. The van der Waals surface area contributed by atoms with Crippen LogP contribution in [0.1, 0.15) is 27.3 Å². The first-order valence-corrected chi connectivity index (χ1v) is 11.8. The molecule has 0 bridgehead atoms. The first-order valence-electron chi connectivity index (χ1n) is 10.5. The quantitative estimate of drug-likeness (QED) is 0.233. The number of terminal acetylenes is 1. The van der Waals surface area contributed by atoms with Gasteiger partial charge in [-0.05, 0) is 42.5 Å². The molecule has 0 aliphatic carbocycles. The first kappa shape index (κ1) is 24.4. The topological polar surface area (TPSA) is 139 Å². The van der Waals surface area contributed by atoms with Gasteiger partial charge in [0.05, 0.1) is 6.54 Å². The fraction of sp³-hybridized carbons (Fsp3) is 0.0833. The lowest BCUT2D eigenvalue weighted by Gasteiger charge is -2.12. The van der Waals surface area contributed by atoms with Crippen molar-refractivity contribution < 1.29 is 21.3 Å². The van der Waals surface area contributed by atoms with E-state index >= 15 is 0 Å². The lowest BCUT2D eigenvalue weighted by atomic mass is 10.1. The van der Waals surface area contributed by atoms with Crippen molar-refractivity contribution in [2.24, 2.45) is 0 Å². The Morgan fingerprint density at radius 1 is 1.11 bits per heavy atom. The maximum Gasteiger partial charge on any atom is 0.488 e. The van der Waals surface area contributed by atoms with Gasteiger partial charge in [0, 0.05) is 46.9 Å². The molecular weight excluding hydrogens is 487 g/mol. The summed E-state index contributed by atoms with van der Waals surface area (Å²) in [5.41, 5.74) is 2.23. The predicted molar refractivity (Wildman–Crippen MR) is 130 cm³/mol. The molecule has 10 nitrogen and oxygen atoms in total. The summed E-state index contributed by atoms with van der Waals surface area (Å²) in [6.07, 6.45) is 8.77. The van der Waals surface area contributed by atoms with Crippen molar-refractivity contribution in [3.63, 3.8) is 0 Å². The molecule has 0 unspecified atom stereocenters. The van der Waals surface area contributed by atoms with Crippen LogP contribution in [0.15, 0.2) is 67.0 Å². The van der Waals surface area contributed by atoms with Gasteiger partial charge in [-0.15, -0.1) is 6.42 Å². The third-order valence-electron chi connectivity index (χ3n) is 4.96. The van der Waals surface area contributed by atoms with Gasteiger partial charge in [-0.3, -0.25) is 14.9 Å². The summed E-state index contributed by atoms with van der Waals surface area (Å²) in [5, 5.41) is 12.9. The maximum atomic E-state index is 13.1. The second kappa shape index (κ2) is 10.7. The Hall–Kier alpha value is -4.76. The molecule has 1 amide bonds. The number of benzene rings is 2. The Balaban J connectivity index is 1.41. The molecule has 0 aliphatic heterocycles. The van der Waals surface area contributed by atoms with Gasteiger partial charge in [0.1, 0.15) is 0 Å². The van der Waals surface area contributed by atoms with E-state index in [1.165, 1.54) is 18.2 Å². The summed E-state index contributed by atoms with van der Waals surface area (Å²) in [4.78, 5) is 21.1. The highest BCUT2D eigenvalue weighted by atomic mass is 32.3. The van der Waals surface area contributed by atoms with Crippen molar-refractivity contribution in [3.8, 4) is 29.5 Å². The fourth-order valence-electron chi connectivity index (χ4n) is 3.31. The van der Waals surface area contributed by atoms with Crippen molar-refractivity contribution in [2.75, 3.05) is 5.32 Å². The lowest BCUT2D eigenvalue weighted by molar-refractivity contribution is 0.0951. The number of pyridine rings is 1. The molecule has 0 radical (unpaired) electrons. The van der Waals surface area contributed by atoms with E-state index in [1.807, 2.05) is 12.1 Å². The number of nitrogens with zero attached hydrogens (tertiary/aromatic N) is 3. The third-order valence-corrected chi connectivity index (χ3v) is 5.34. The summed E-state index contributed by atoms with van der Waals surface area (Å²) in [6, 6.07) is 14.5. The van der Waals surface area contributed by atoms with Gasteiger partial charge in [0.25, 0.3) is 5.91 Å². The number of rotatable bonds is 9. The zero-order valence-corrected chi connectivity index (χ0v) is 19.4. The van der Waals surface area contributed by atoms with Crippen LogP contribution in [0.3, 0.4) is 0 Å². The highest BCUT2D eigenvalue weighted by Gasteiger charge is 2.17. The van der Waals surface area contributed by atoms with Crippen LogP contribution in [-0.2, 0) is 23.6 Å². The number of carbonyl (C=O) groups excluding carboxylic acids is 1. The van der Waals surface area contributed by atoms with Gasteiger partial charge < -0.3 is 14.8 Å². The molecule has 0 saturated heterocycles. The number of hydrogen-bond donors (Lipinski definition) is 3. The van der Waals surface area contributed by atoms with Gasteiger partial charge in [-0.25, -0.2) is 4.98 Å². The number of halogens is 1. The van der Waals surface area contributed by atoms with Crippen LogP contribution in [0.25, 0.3) is 11.4 Å². The zero-order valence-electron chi connectivity index (χ0n) is 18.6. The van der Waals surface area contributed by atoms with Gasteiger partial charge in [0.15, 0.2) is 17.4 Å². The highest BCUT2D eigenvalue weighted by Crippen LogP contribution is 2.24. The van der Waals surface area contributed by atoms with Crippen LogP contribution in [0, 0.1) is 12.3 Å². The van der Waals surface area contributed by atoms with Crippen LogP contribution in [0.5, 0.6) is 5.75 Å². The van der Waals surface area contributed by atoms with E-state index in [1.54, 1.807) is 36.7 Å². The molecule has 3 N–H and O–H groups in total. The lowest BCUT2D eigenvalue weighted by Crippen LogP contribution is -2.24. The largest absolute Gasteiger partial charge is 0.488 e. The molecule has 2 heterocycles. The normalized spacial score (nSPS) is 10.9. The molecule has 12 heteroatoms. The van der Waals surface area contributed by atoms with Gasteiger partial charge in [0.2, 0.25) is 0 Å². The van der Waals surface area contributed by atoms with E-state index in [-0.39, 0.29) is 23.4 Å². The second-order valence-electron chi connectivity index (χ2n) is 7.36. The minimum atomic E-state index is -5.27. The number of nitrogens with one attached hydrogen (secondary N) is 3. The third kappa shape index (κ3) is 6.22. The summed E-state index contributed by atoms with van der Waals surface area (Å²) in [5.74, 6) is 2.73. The number of carbonyl (C=O) groups is 1. The number of aromatic nitrogens is 4. The predicted octanol–water partition coefficient (Wildman–Crippen LogP) is 2.98. The number of H-pyrrole nitrogens is 1. The van der Waals surface area contributed by atoms with Gasteiger partial charge in [-0.2, -0.15) is 13.5 Å². The zero-order chi connectivity index (χ0) is 25.5. The van der Waals surface area contributed by atoms with Crippen LogP contribution in [0.2, 0.25) is 0 Å². The molecule has 0 atom stereocenters. The maximum absolute atomic E-state index is 13.1. The molecule has 4 rings (SSSR count). The molecule has 0 spiro atoms. The Morgan fingerprint density at radius 2 is 1.89 bits per heavy atom. The second-order valence-corrected chi connectivity index (χ2v) is 8.31. The summed E-state index contributed by atoms with van der Waals surface area (Å²) in [6.45, 7) is 0.122. The van der Waals surface area contributed by atoms with Crippen molar-refractivity contribution >= 4 is 22.1 Å². The van der Waals surface area contributed by atoms with E-state index in [0.717, 1.165) is 5.56 Å². The van der Waals surface area contributed by atoms with Crippen molar-refractivity contribution in [1.82, 2.24) is 25.5 Å². The summed E-state index contributed by atoms with van der Waals surface area (Å²) >= 11 is 0. The molecule has 0 fully saturated rings. The van der Waals surface area contributed by atoms with Gasteiger partial charge >= 0.3 is 10.5 Å². The summed E-state index contributed by atoms with van der Waals surface area (Å²) < 4.78 is 39.3. The molecule has 182 valence electrons. The van der Waals surface area contributed by atoms with E-state index in [0.29, 0.717) is 29.4 Å². The monoisotopic (exact) mass is 506 g/mol. The molecule has 0 saturated carbocycles. The average molecular weight is 507 g/mol. The van der Waals surface area contributed by atoms with E-state index in [4.69, 9.17) is 6.42 Å². The van der Waals surface area contributed by atoms with E-state index < -0.39 is 16.4 Å². The van der Waals surface area contributed by atoms with Gasteiger partial charge in [-0.1, -0.05) is 21.9 Å². The Kier molecular flexibility index (Phi) is 7.22. The van der Waals surface area contributed by atoms with Crippen LogP contribution < -0.4 is 14.8 Å². The van der Waals surface area contributed by atoms with Crippen molar-refractivity contribution in [2.45, 2.75) is 13.1 Å². The Morgan fingerprint density at radius 3 is 2.64 bits per heavy atom. The summed E-state index contributed by atoms with van der Waals surface area (Å²) in [7, 11) is -5.27. The number of aromatic amines is 1. The average Bonchev–Trinajstić information content (AvgIpc) is 3.35. The Labute approximate surface area is 206 Å². The number of hydrogen-bond acceptors (Lipinski definition) is 8. The van der Waals surface area contributed by atoms with Crippen LogP contribution in [-0.4, -0.2) is 34.5 Å². The number of amides is 1. The van der Waals surface area contributed by atoms with E-state index in [2.05, 4.69) is 40.9 Å².